The molecule has 0 amide bonds. The van der Waals surface area contributed by atoms with Gasteiger partial charge in [0.25, 0.3) is 0 Å². The van der Waals surface area contributed by atoms with Gasteiger partial charge in [0, 0.05) is 16.5 Å². The summed E-state index contributed by atoms with van der Waals surface area (Å²) < 4.78 is 39.6. The van der Waals surface area contributed by atoms with Crippen molar-refractivity contribution in [3.8, 4) is 0 Å². The third-order valence-electron chi connectivity index (χ3n) is 4.33. The summed E-state index contributed by atoms with van der Waals surface area (Å²) in [6.07, 6.45) is -5.30. The molecule has 22 heavy (non-hydrogen) atoms. The van der Waals surface area contributed by atoms with Crippen LogP contribution in [0.15, 0.2) is 42.5 Å². The number of ketones is 1. The number of hydrogen-bond acceptors (Lipinski definition) is 1. The van der Waals surface area contributed by atoms with Crippen molar-refractivity contribution in [2.45, 2.75) is 31.9 Å². The van der Waals surface area contributed by atoms with Crippen LogP contribution in [0.1, 0.15) is 46.0 Å². The van der Waals surface area contributed by atoms with E-state index in [0.717, 1.165) is 5.56 Å². The molecule has 1 aliphatic rings. The molecular weight excluding hydrogens is 289 g/mol. The fourth-order valence-electron chi connectivity index (χ4n) is 3.36. The summed E-state index contributed by atoms with van der Waals surface area (Å²) in [4.78, 5) is 12.6. The van der Waals surface area contributed by atoms with Crippen molar-refractivity contribution in [2.24, 2.45) is 0 Å². The average Bonchev–Trinajstić information content (AvgIpc) is 2.43. The molecule has 0 spiro atoms. The second kappa shape index (κ2) is 4.70. The Labute approximate surface area is 126 Å². The van der Waals surface area contributed by atoms with E-state index >= 15 is 0 Å². The molecule has 4 heteroatoms. The average molecular weight is 304 g/mol. The molecule has 0 saturated carbocycles. The SMILES string of the molecule is Cc1ccc2c(c1)C(C)(CC(F)(F)F)c1ccccc1C2=O. The molecule has 0 N–H and O–H groups in total. The first-order valence-electron chi connectivity index (χ1n) is 7.04. The number of alkyl halides is 3. The van der Waals surface area contributed by atoms with E-state index in [9.17, 15) is 18.0 Å². The van der Waals surface area contributed by atoms with E-state index in [1.165, 1.54) is 0 Å². The number of aryl methyl sites for hydroxylation is 1. The summed E-state index contributed by atoms with van der Waals surface area (Å²) in [5.41, 5.74) is 1.26. The fourth-order valence-corrected chi connectivity index (χ4v) is 3.36. The van der Waals surface area contributed by atoms with E-state index in [2.05, 4.69) is 0 Å². The van der Waals surface area contributed by atoms with Crippen LogP contribution in [-0.2, 0) is 5.41 Å². The first-order chi connectivity index (χ1) is 10.2. The molecule has 0 radical (unpaired) electrons. The Morgan fingerprint density at radius 1 is 1.00 bits per heavy atom. The lowest BCUT2D eigenvalue weighted by atomic mass is 9.65. The Morgan fingerprint density at radius 2 is 1.64 bits per heavy atom. The second-order valence-corrected chi connectivity index (χ2v) is 6.05. The summed E-state index contributed by atoms with van der Waals surface area (Å²) in [7, 11) is 0. The Kier molecular flexibility index (Phi) is 3.17. The molecular formula is C18H15F3O. The van der Waals surface area contributed by atoms with Crippen LogP contribution in [0.2, 0.25) is 0 Å². The maximum Gasteiger partial charge on any atom is 0.390 e. The van der Waals surface area contributed by atoms with Crippen LogP contribution in [0, 0.1) is 6.92 Å². The normalized spacial score (nSPS) is 20.5. The van der Waals surface area contributed by atoms with Gasteiger partial charge < -0.3 is 0 Å². The van der Waals surface area contributed by atoms with Crippen molar-refractivity contribution >= 4 is 5.78 Å². The van der Waals surface area contributed by atoms with E-state index in [1.807, 2.05) is 6.92 Å². The highest BCUT2D eigenvalue weighted by molar-refractivity contribution is 6.13. The number of hydrogen-bond donors (Lipinski definition) is 0. The van der Waals surface area contributed by atoms with Crippen molar-refractivity contribution in [1.29, 1.82) is 0 Å². The van der Waals surface area contributed by atoms with E-state index < -0.39 is 18.0 Å². The van der Waals surface area contributed by atoms with Gasteiger partial charge >= 0.3 is 6.18 Å². The predicted octanol–water partition coefficient (Wildman–Crippen LogP) is 4.80. The summed E-state index contributed by atoms with van der Waals surface area (Å²) in [6, 6.07) is 11.7. The van der Waals surface area contributed by atoms with Gasteiger partial charge in [-0.25, -0.2) is 0 Å². The molecule has 0 aromatic heterocycles. The van der Waals surface area contributed by atoms with Crippen LogP contribution >= 0.6 is 0 Å². The molecule has 1 unspecified atom stereocenters. The number of fused-ring (bicyclic) bond motifs is 2. The maximum atomic E-state index is 13.2. The highest BCUT2D eigenvalue weighted by atomic mass is 19.4. The van der Waals surface area contributed by atoms with Crippen molar-refractivity contribution in [3.05, 3.63) is 70.3 Å². The van der Waals surface area contributed by atoms with Crippen molar-refractivity contribution in [2.75, 3.05) is 0 Å². The summed E-state index contributed by atoms with van der Waals surface area (Å²) in [5, 5.41) is 0. The zero-order valence-electron chi connectivity index (χ0n) is 12.3. The predicted molar refractivity (Wildman–Crippen MR) is 78.2 cm³/mol. The minimum absolute atomic E-state index is 0.203. The first kappa shape index (κ1) is 14.8. The monoisotopic (exact) mass is 304 g/mol. The van der Waals surface area contributed by atoms with Crippen LogP contribution < -0.4 is 0 Å². The largest absolute Gasteiger partial charge is 0.390 e. The Hall–Kier alpha value is -2.10. The van der Waals surface area contributed by atoms with Crippen LogP contribution in [0.25, 0.3) is 0 Å². The summed E-state index contributed by atoms with van der Waals surface area (Å²) in [6.45, 7) is 3.39. The lowest BCUT2D eigenvalue weighted by molar-refractivity contribution is -0.144. The molecule has 0 saturated heterocycles. The Bertz CT molecular complexity index is 761. The molecule has 0 aliphatic heterocycles. The van der Waals surface area contributed by atoms with Gasteiger partial charge in [0.15, 0.2) is 5.78 Å². The number of rotatable bonds is 1. The number of carbonyl (C=O) groups excluding carboxylic acids is 1. The lowest BCUT2D eigenvalue weighted by Gasteiger charge is -2.38. The van der Waals surface area contributed by atoms with Gasteiger partial charge in [-0.3, -0.25) is 4.79 Å². The van der Waals surface area contributed by atoms with E-state index in [-0.39, 0.29) is 5.78 Å². The van der Waals surface area contributed by atoms with Gasteiger partial charge in [-0.2, -0.15) is 13.2 Å². The molecule has 0 bridgehead atoms. The standard InChI is InChI=1S/C18H15F3O/c1-11-7-8-13-15(9-11)17(2,10-18(19,20)21)14-6-4-3-5-12(14)16(13)22/h3-9H,10H2,1-2H3. The Balaban J connectivity index is 2.32. The quantitative estimate of drug-likeness (QED) is 0.740. The number of benzene rings is 2. The van der Waals surface area contributed by atoms with Crippen molar-refractivity contribution in [3.63, 3.8) is 0 Å². The molecule has 0 heterocycles. The van der Waals surface area contributed by atoms with Gasteiger partial charge in [0.05, 0.1) is 6.42 Å². The third-order valence-corrected chi connectivity index (χ3v) is 4.33. The molecule has 1 aliphatic carbocycles. The minimum Gasteiger partial charge on any atom is -0.289 e. The van der Waals surface area contributed by atoms with Gasteiger partial charge in [0.1, 0.15) is 0 Å². The van der Waals surface area contributed by atoms with Crippen molar-refractivity contribution in [1.82, 2.24) is 0 Å². The fraction of sp³-hybridized carbons (Fsp3) is 0.278. The van der Waals surface area contributed by atoms with Crippen LogP contribution in [0.4, 0.5) is 13.2 Å². The molecule has 2 aromatic rings. The van der Waals surface area contributed by atoms with E-state index in [4.69, 9.17) is 0 Å². The third kappa shape index (κ3) is 2.23. The lowest BCUT2D eigenvalue weighted by Crippen LogP contribution is -2.37. The van der Waals surface area contributed by atoms with Crippen LogP contribution in [-0.4, -0.2) is 12.0 Å². The van der Waals surface area contributed by atoms with E-state index in [0.29, 0.717) is 22.3 Å². The van der Waals surface area contributed by atoms with Gasteiger partial charge in [0.2, 0.25) is 0 Å². The topological polar surface area (TPSA) is 17.1 Å². The molecule has 114 valence electrons. The summed E-state index contributed by atoms with van der Waals surface area (Å²) in [5.74, 6) is -0.203. The first-order valence-corrected chi connectivity index (χ1v) is 7.04. The summed E-state index contributed by atoms with van der Waals surface area (Å²) >= 11 is 0. The Morgan fingerprint density at radius 3 is 2.32 bits per heavy atom. The number of carbonyl (C=O) groups is 1. The minimum atomic E-state index is -4.32. The van der Waals surface area contributed by atoms with Crippen LogP contribution in [0.3, 0.4) is 0 Å². The zero-order chi connectivity index (χ0) is 16.1. The highest BCUT2D eigenvalue weighted by Crippen LogP contribution is 2.47. The maximum absolute atomic E-state index is 13.2. The van der Waals surface area contributed by atoms with Gasteiger partial charge in [-0.1, -0.05) is 55.0 Å². The molecule has 1 nitrogen and oxygen atoms in total. The molecule has 1 atom stereocenters. The molecule has 3 rings (SSSR count). The van der Waals surface area contributed by atoms with E-state index in [1.54, 1.807) is 49.4 Å². The smallest absolute Gasteiger partial charge is 0.289 e. The number of halogens is 3. The molecule has 0 fully saturated rings. The van der Waals surface area contributed by atoms with Crippen molar-refractivity contribution < 1.29 is 18.0 Å². The van der Waals surface area contributed by atoms with Crippen LogP contribution in [0.5, 0.6) is 0 Å². The zero-order valence-corrected chi connectivity index (χ0v) is 12.3. The second-order valence-electron chi connectivity index (χ2n) is 6.05. The van der Waals surface area contributed by atoms with Gasteiger partial charge in [-0.15, -0.1) is 0 Å². The highest BCUT2D eigenvalue weighted by Gasteiger charge is 2.47. The molecule has 2 aromatic carbocycles. The van der Waals surface area contributed by atoms with Gasteiger partial charge in [-0.05, 0) is 18.1 Å².